The molecule has 1 aromatic rings. The number of anilines is 1. The van der Waals surface area contributed by atoms with Crippen molar-refractivity contribution in [2.45, 2.75) is 19.3 Å². The van der Waals surface area contributed by atoms with E-state index < -0.39 is 0 Å². The number of carbonyl (C=O) groups is 1. The number of benzene rings is 1. The van der Waals surface area contributed by atoms with Gasteiger partial charge < -0.3 is 15.8 Å². The predicted octanol–water partition coefficient (Wildman–Crippen LogP) is 2.09. The van der Waals surface area contributed by atoms with E-state index in [-0.39, 0.29) is 12.5 Å². The van der Waals surface area contributed by atoms with Crippen molar-refractivity contribution >= 4 is 28.8 Å². The summed E-state index contributed by atoms with van der Waals surface area (Å²) < 4.78 is 5.32. The number of nitrogens with two attached hydrogens (primary N) is 1. The van der Waals surface area contributed by atoms with Gasteiger partial charge in [0.1, 0.15) is 17.3 Å². The second-order valence-electron chi connectivity index (χ2n) is 4.48. The van der Waals surface area contributed by atoms with E-state index >= 15 is 0 Å². The number of ether oxygens (including phenoxy) is 1. The van der Waals surface area contributed by atoms with E-state index in [1.165, 1.54) is 12.8 Å². The van der Waals surface area contributed by atoms with Crippen molar-refractivity contribution in [2.24, 2.45) is 11.7 Å². The summed E-state index contributed by atoms with van der Waals surface area (Å²) in [6.07, 6.45) is 2.98. The molecule has 0 bridgehead atoms. The zero-order valence-corrected chi connectivity index (χ0v) is 10.8. The Hall–Kier alpha value is -1.62. The SMILES string of the molecule is NC(=S)COc1ccc(NC(=O)CC2CC2)cc1. The third-order valence-electron chi connectivity index (χ3n) is 2.69. The molecule has 0 saturated heterocycles. The highest BCUT2D eigenvalue weighted by molar-refractivity contribution is 7.80. The molecule has 1 aliphatic carbocycles. The minimum Gasteiger partial charge on any atom is -0.487 e. The first-order valence-corrected chi connectivity index (χ1v) is 6.35. The van der Waals surface area contributed by atoms with Crippen LogP contribution >= 0.6 is 12.2 Å². The molecule has 0 atom stereocenters. The first-order valence-electron chi connectivity index (χ1n) is 5.94. The van der Waals surface area contributed by atoms with Gasteiger partial charge >= 0.3 is 0 Å². The second-order valence-corrected chi connectivity index (χ2v) is 5.00. The normalized spacial score (nSPS) is 14.0. The summed E-state index contributed by atoms with van der Waals surface area (Å²) >= 11 is 4.72. The quantitative estimate of drug-likeness (QED) is 0.772. The summed E-state index contributed by atoms with van der Waals surface area (Å²) in [6.45, 7) is 0.225. The zero-order chi connectivity index (χ0) is 13.0. The molecule has 1 fully saturated rings. The number of amides is 1. The minimum atomic E-state index is 0.0781. The van der Waals surface area contributed by atoms with Gasteiger partial charge in [0.2, 0.25) is 5.91 Å². The lowest BCUT2D eigenvalue weighted by Gasteiger charge is -2.07. The molecule has 2 rings (SSSR count). The van der Waals surface area contributed by atoms with Gasteiger partial charge in [-0.25, -0.2) is 0 Å². The van der Waals surface area contributed by atoms with Gasteiger partial charge in [-0.1, -0.05) is 12.2 Å². The summed E-state index contributed by atoms with van der Waals surface area (Å²) in [7, 11) is 0. The molecule has 0 unspecified atom stereocenters. The van der Waals surface area contributed by atoms with Crippen LogP contribution in [-0.2, 0) is 4.79 Å². The maximum absolute atomic E-state index is 11.6. The molecule has 4 nitrogen and oxygen atoms in total. The lowest BCUT2D eigenvalue weighted by atomic mass is 10.2. The van der Waals surface area contributed by atoms with Crippen molar-refractivity contribution in [1.82, 2.24) is 0 Å². The van der Waals surface area contributed by atoms with Crippen molar-refractivity contribution in [3.05, 3.63) is 24.3 Å². The highest BCUT2D eigenvalue weighted by atomic mass is 32.1. The Labute approximate surface area is 112 Å². The summed E-state index contributed by atoms with van der Waals surface area (Å²) in [4.78, 5) is 11.9. The van der Waals surface area contributed by atoms with Crippen LogP contribution in [0, 0.1) is 5.92 Å². The van der Waals surface area contributed by atoms with E-state index in [1.807, 2.05) is 0 Å². The predicted molar refractivity (Wildman–Crippen MR) is 74.7 cm³/mol. The molecule has 0 heterocycles. The van der Waals surface area contributed by atoms with Crippen molar-refractivity contribution in [3.8, 4) is 5.75 Å². The molecule has 3 N–H and O–H groups in total. The molecule has 96 valence electrons. The maximum atomic E-state index is 11.6. The van der Waals surface area contributed by atoms with Gasteiger partial charge in [0.15, 0.2) is 0 Å². The zero-order valence-electron chi connectivity index (χ0n) is 10.0. The molecule has 0 aromatic heterocycles. The second kappa shape index (κ2) is 5.82. The molecule has 1 amide bonds. The first kappa shape index (κ1) is 12.8. The van der Waals surface area contributed by atoms with Crippen molar-refractivity contribution in [3.63, 3.8) is 0 Å². The average molecular weight is 264 g/mol. The highest BCUT2D eigenvalue weighted by Gasteiger charge is 2.24. The van der Waals surface area contributed by atoms with Gasteiger partial charge in [-0.05, 0) is 43.0 Å². The number of carbonyl (C=O) groups excluding carboxylic acids is 1. The summed E-state index contributed by atoms with van der Waals surface area (Å²) in [5.41, 5.74) is 6.12. The van der Waals surface area contributed by atoms with Crippen LogP contribution in [0.5, 0.6) is 5.75 Å². The number of nitrogens with one attached hydrogen (secondary N) is 1. The van der Waals surface area contributed by atoms with E-state index in [0.717, 1.165) is 5.69 Å². The van der Waals surface area contributed by atoms with Crippen LogP contribution < -0.4 is 15.8 Å². The van der Waals surface area contributed by atoms with E-state index in [1.54, 1.807) is 24.3 Å². The Morgan fingerprint density at radius 2 is 2.06 bits per heavy atom. The number of hydrogen-bond acceptors (Lipinski definition) is 3. The number of rotatable bonds is 6. The van der Waals surface area contributed by atoms with Crippen molar-refractivity contribution < 1.29 is 9.53 Å². The maximum Gasteiger partial charge on any atom is 0.224 e. The van der Waals surface area contributed by atoms with E-state index in [0.29, 0.717) is 23.1 Å². The van der Waals surface area contributed by atoms with Gasteiger partial charge in [-0.2, -0.15) is 0 Å². The number of hydrogen-bond donors (Lipinski definition) is 2. The van der Waals surface area contributed by atoms with E-state index in [4.69, 9.17) is 22.7 Å². The molecule has 1 aromatic carbocycles. The van der Waals surface area contributed by atoms with Gasteiger partial charge in [0.25, 0.3) is 0 Å². The molecule has 1 aliphatic rings. The third kappa shape index (κ3) is 4.33. The lowest BCUT2D eigenvalue weighted by Crippen LogP contribution is -2.17. The molecule has 5 heteroatoms. The van der Waals surface area contributed by atoms with Crippen LogP contribution in [0.2, 0.25) is 0 Å². The van der Waals surface area contributed by atoms with Crippen LogP contribution in [0.1, 0.15) is 19.3 Å². The fraction of sp³-hybridized carbons (Fsp3) is 0.385. The summed E-state index contributed by atoms with van der Waals surface area (Å²) in [6, 6.07) is 7.18. The van der Waals surface area contributed by atoms with Crippen LogP contribution in [0.4, 0.5) is 5.69 Å². The Bertz CT molecular complexity index is 441. The molecule has 0 aliphatic heterocycles. The van der Waals surface area contributed by atoms with Gasteiger partial charge in [-0.3, -0.25) is 4.79 Å². The molecule has 18 heavy (non-hydrogen) atoms. The Kier molecular flexibility index (Phi) is 4.15. The fourth-order valence-corrected chi connectivity index (χ4v) is 1.64. The largest absolute Gasteiger partial charge is 0.487 e. The van der Waals surface area contributed by atoms with Crippen LogP contribution in [0.15, 0.2) is 24.3 Å². The monoisotopic (exact) mass is 264 g/mol. The van der Waals surface area contributed by atoms with E-state index in [2.05, 4.69) is 5.32 Å². The van der Waals surface area contributed by atoms with Crippen molar-refractivity contribution in [2.75, 3.05) is 11.9 Å². The summed E-state index contributed by atoms with van der Waals surface area (Å²) in [5, 5.41) is 2.86. The van der Waals surface area contributed by atoms with Gasteiger partial charge in [0, 0.05) is 12.1 Å². The fourth-order valence-electron chi connectivity index (χ4n) is 1.59. The average Bonchev–Trinajstić information content (AvgIpc) is 3.12. The molecular weight excluding hydrogens is 248 g/mol. The van der Waals surface area contributed by atoms with Crippen molar-refractivity contribution in [1.29, 1.82) is 0 Å². The molecule has 0 spiro atoms. The van der Waals surface area contributed by atoms with Gasteiger partial charge in [0.05, 0.1) is 0 Å². The Balaban J connectivity index is 1.82. The van der Waals surface area contributed by atoms with Crippen LogP contribution in [-0.4, -0.2) is 17.5 Å². The van der Waals surface area contributed by atoms with Gasteiger partial charge in [-0.15, -0.1) is 0 Å². The molecule has 0 radical (unpaired) electrons. The highest BCUT2D eigenvalue weighted by Crippen LogP contribution is 2.32. The standard InChI is InChI=1S/C13H16N2O2S/c14-12(18)8-17-11-5-3-10(4-6-11)15-13(16)7-9-1-2-9/h3-6,9H,1-2,7-8H2,(H2,14,18)(H,15,16). The number of thiocarbonyl (C=S) groups is 1. The summed E-state index contributed by atoms with van der Waals surface area (Å²) in [5.74, 6) is 1.36. The lowest BCUT2D eigenvalue weighted by molar-refractivity contribution is -0.116. The smallest absolute Gasteiger partial charge is 0.224 e. The molecular formula is C13H16N2O2S. The van der Waals surface area contributed by atoms with Crippen LogP contribution in [0.25, 0.3) is 0 Å². The first-order chi connectivity index (χ1) is 8.63. The van der Waals surface area contributed by atoms with Crippen LogP contribution in [0.3, 0.4) is 0 Å². The minimum absolute atomic E-state index is 0.0781. The topological polar surface area (TPSA) is 64.3 Å². The Morgan fingerprint density at radius 3 is 2.61 bits per heavy atom. The third-order valence-corrected chi connectivity index (χ3v) is 2.81. The molecule has 1 saturated carbocycles. The Morgan fingerprint density at radius 1 is 1.39 bits per heavy atom. The van der Waals surface area contributed by atoms with E-state index in [9.17, 15) is 4.79 Å².